The number of nitrogens with zero attached hydrogens (tertiary/aromatic N) is 2. The monoisotopic (exact) mass is 291 g/mol. The zero-order chi connectivity index (χ0) is 14.8. The van der Waals surface area contributed by atoms with Crippen molar-refractivity contribution >= 4 is 0 Å². The van der Waals surface area contributed by atoms with E-state index in [-0.39, 0.29) is 17.9 Å². The van der Waals surface area contributed by atoms with Crippen LogP contribution in [0.5, 0.6) is 0 Å². The maximum atomic E-state index is 13.5. The Morgan fingerprint density at radius 3 is 2.67 bits per heavy atom. The summed E-state index contributed by atoms with van der Waals surface area (Å²) in [5.41, 5.74) is 7.23. The summed E-state index contributed by atoms with van der Waals surface area (Å²) in [5.74, 6) is -0.173. The van der Waals surface area contributed by atoms with Crippen molar-refractivity contribution in [3.63, 3.8) is 0 Å². The van der Waals surface area contributed by atoms with Crippen LogP contribution >= 0.6 is 0 Å². The van der Waals surface area contributed by atoms with Crippen LogP contribution in [-0.4, -0.2) is 48.1 Å². The van der Waals surface area contributed by atoms with E-state index in [1.807, 2.05) is 13.0 Å². The molecule has 0 saturated carbocycles. The number of likely N-dealkylation sites (tertiary alicyclic amines) is 2. The number of hydrogen-bond acceptors (Lipinski definition) is 3. The predicted octanol–water partition coefficient (Wildman–Crippen LogP) is 2.38. The van der Waals surface area contributed by atoms with Gasteiger partial charge in [0.2, 0.25) is 0 Å². The number of halogens is 1. The maximum Gasteiger partial charge on any atom is 0.123 e. The van der Waals surface area contributed by atoms with E-state index in [1.54, 1.807) is 12.1 Å². The Balaban J connectivity index is 1.73. The highest BCUT2D eigenvalue weighted by Gasteiger charge is 2.34. The molecule has 1 aromatic carbocycles. The van der Waals surface area contributed by atoms with Crippen molar-refractivity contribution in [1.29, 1.82) is 0 Å². The highest BCUT2D eigenvalue weighted by atomic mass is 19.1. The van der Waals surface area contributed by atoms with Gasteiger partial charge in [0.05, 0.1) is 0 Å². The standard InChI is InChI=1S/C17H26FN3/c1-13(19)17(14-5-4-6-15(18)11-14)21-10-7-16(12-21)20-8-2-3-9-20/h4-6,11,13,16-17H,2-3,7-10,12,19H2,1H3. The second kappa shape index (κ2) is 6.42. The Morgan fingerprint density at radius 1 is 1.24 bits per heavy atom. The van der Waals surface area contributed by atoms with E-state index in [2.05, 4.69) is 9.80 Å². The van der Waals surface area contributed by atoms with Crippen molar-refractivity contribution < 1.29 is 4.39 Å². The lowest BCUT2D eigenvalue weighted by molar-refractivity contribution is 0.185. The fourth-order valence-corrected chi connectivity index (χ4v) is 3.96. The number of benzene rings is 1. The molecule has 0 amide bonds. The molecule has 21 heavy (non-hydrogen) atoms. The first-order valence-corrected chi connectivity index (χ1v) is 8.14. The molecular weight excluding hydrogens is 265 g/mol. The average Bonchev–Trinajstić information content (AvgIpc) is 3.08. The summed E-state index contributed by atoms with van der Waals surface area (Å²) >= 11 is 0. The van der Waals surface area contributed by atoms with E-state index in [1.165, 1.54) is 38.4 Å². The fraction of sp³-hybridized carbons (Fsp3) is 0.647. The van der Waals surface area contributed by atoms with Crippen LogP contribution in [0.25, 0.3) is 0 Å². The van der Waals surface area contributed by atoms with Gasteiger partial charge in [0.1, 0.15) is 5.82 Å². The van der Waals surface area contributed by atoms with E-state index in [4.69, 9.17) is 5.73 Å². The molecule has 0 aliphatic carbocycles. The Kier molecular flexibility index (Phi) is 4.57. The molecule has 3 unspecified atom stereocenters. The Hall–Kier alpha value is -0.970. The Bertz CT molecular complexity index is 471. The van der Waals surface area contributed by atoms with E-state index in [0.717, 1.165) is 18.7 Å². The molecule has 0 aromatic heterocycles. The largest absolute Gasteiger partial charge is 0.326 e. The summed E-state index contributed by atoms with van der Waals surface area (Å²) in [7, 11) is 0. The van der Waals surface area contributed by atoms with E-state index in [9.17, 15) is 4.39 Å². The minimum atomic E-state index is -0.173. The van der Waals surface area contributed by atoms with Crippen molar-refractivity contribution in [3.05, 3.63) is 35.6 Å². The van der Waals surface area contributed by atoms with Crippen LogP contribution in [0, 0.1) is 5.82 Å². The molecule has 2 aliphatic rings. The number of hydrogen-bond donors (Lipinski definition) is 1. The van der Waals surface area contributed by atoms with Crippen LogP contribution in [0.1, 0.15) is 37.8 Å². The second-order valence-electron chi connectivity index (χ2n) is 6.54. The van der Waals surface area contributed by atoms with Gasteiger partial charge in [-0.25, -0.2) is 4.39 Å². The molecule has 0 bridgehead atoms. The van der Waals surface area contributed by atoms with Gasteiger partial charge in [-0.15, -0.1) is 0 Å². The molecule has 0 radical (unpaired) electrons. The lowest BCUT2D eigenvalue weighted by atomic mass is 9.99. The first kappa shape index (κ1) is 14.9. The molecule has 0 spiro atoms. The van der Waals surface area contributed by atoms with Gasteiger partial charge in [0, 0.05) is 31.2 Å². The summed E-state index contributed by atoms with van der Waals surface area (Å²) in [6.07, 6.45) is 3.87. The molecule has 3 atom stereocenters. The van der Waals surface area contributed by atoms with Crippen molar-refractivity contribution in [2.75, 3.05) is 26.2 Å². The summed E-state index contributed by atoms with van der Waals surface area (Å²) in [4.78, 5) is 5.06. The zero-order valence-corrected chi connectivity index (χ0v) is 12.8. The summed E-state index contributed by atoms with van der Waals surface area (Å²) < 4.78 is 13.5. The van der Waals surface area contributed by atoms with Crippen LogP contribution in [0.3, 0.4) is 0 Å². The molecule has 2 heterocycles. The van der Waals surface area contributed by atoms with E-state index < -0.39 is 0 Å². The van der Waals surface area contributed by atoms with Crippen molar-refractivity contribution in [2.24, 2.45) is 5.73 Å². The van der Waals surface area contributed by atoms with E-state index in [0.29, 0.717) is 6.04 Å². The average molecular weight is 291 g/mol. The summed E-state index contributed by atoms with van der Waals surface area (Å²) in [5, 5.41) is 0. The molecule has 4 heteroatoms. The van der Waals surface area contributed by atoms with Gasteiger partial charge in [-0.2, -0.15) is 0 Å². The topological polar surface area (TPSA) is 32.5 Å². The summed E-state index contributed by atoms with van der Waals surface area (Å²) in [6, 6.07) is 7.70. The molecule has 2 fully saturated rings. The zero-order valence-electron chi connectivity index (χ0n) is 12.8. The van der Waals surface area contributed by atoms with Gasteiger partial charge in [0.15, 0.2) is 0 Å². The minimum Gasteiger partial charge on any atom is -0.326 e. The van der Waals surface area contributed by atoms with Crippen LogP contribution < -0.4 is 5.73 Å². The molecule has 2 N–H and O–H groups in total. The quantitative estimate of drug-likeness (QED) is 0.924. The molecule has 1 aromatic rings. The predicted molar refractivity (Wildman–Crippen MR) is 83.6 cm³/mol. The number of nitrogens with two attached hydrogens (primary N) is 1. The van der Waals surface area contributed by atoms with Crippen LogP contribution in [-0.2, 0) is 0 Å². The molecule has 116 valence electrons. The van der Waals surface area contributed by atoms with Crippen molar-refractivity contribution in [1.82, 2.24) is 9.80 Å². The van der Waals surface area contributed by atoms with Gasteiger partial charge in [-0.1, -0.05) is 12.1 Å². The fourth-order valence-electron chi connectivity index (χ4n) is 3.96. The maximum absolute atomic E-state index is 13.5. The normalized spacial score (nSPS) is 27.1. The molecule has 3 nitrogen and oxygen atoms in total. The Morgan fingerprint density at radius 2 is 2.00 bits per heavy atom. The second-order valence-corrected chi connectivity index (χ2v) is 6.54. The molecule has 2 aliphatic heterocycles. The third-order valence-corrected chi connectivity index (χ3v) is 4.93. The third-order valence-electron chi connectivity index (χ3n) is 4.93. The van der Waals surface area contributed by atoms with Gasteiger partial charge >= 0.3 is 0 Å². The molecular formula is C17H26FN3. The Labute approximate surface area is 126 Å². The van der Waals surface area contributed by atoms with Crippen molar-refractivity contribution in [2.45, 2.75) is 44.3 Å². The lowest BCUT2D eigenvalue weighted by Crippen LogP contribution is -2.41. The van der Waals surface area contributed by atoms with Crippen molar-refractivity contribution in [3.8, 4) is 0 Å². The van der Waals surface area contributed by atoms with Gasteiger partial charge in [-0.05, 0) is 57.0 Å². The van der Waals surface area contributed by atoms with Crippen LogP contribution in [0.2, 0.25) is 0 Å². The molecule has 2 saturated heterocycles. The van der Waals surface area contributed by atoms with Gasteiger partial charge in [-0.3, -0.25) is 9.80 Å². The van der Waals surface area contributed by atoms with Crippen LogP contribution in [0.4, 0.5) is 4.39 Å². The lowest BCUT2D eigenvalue weighted by Gasteiger charge is -2.32. The smallest absolute Gasteiger partial charge is 0.123 e. The van der Waals surface area contributed by atoms with Gasteiger partial charge < -0.3 is 5.73 Å². The van der Waals surface area contributed by atoms with Gasteiger partial charge in [0.25, 0.3) is 0 Å². The number of rotatable bonds is 4. The van der Waals surface area contributed by atoms with Crippen LogP contribution in [0.15, 0.2) is 24.3 Å². The molecule has 3 rings (SSSR count). The van der Waals surface area contributed by atoms with E-state index >= 15 is 0 Å². The first-order chi connectivity index (χ1) is 10.1. The SMILES string of the molecule is CC(N)C(c1cccc(F)c1)N1CCC(N2CCCC2)C1. The third kappa shape index (κ3) is 3.28. The first-order valence-electron chi connectivity index (χ1n) is 8.14. The summed E-state index contributed by atoms with van der Waals surface area (Å²) in [6.45, 7) is 6.62. The highest BCUT2D eigenvalue weighted by molar-refractivity contribution is 5.22. The highest BCUT2D eigenvalue weighted by Crippen LogP contribution is 2.30. The minimum absolute atomic E-state index is 0.00382.